The molecule has 3 fully saturated rings. The standard InChI is InChI=1S/C15H15F4N3O/c1-7-11(8-4-14(16,17)5-8)21-22(9-2-3-9)12(7)20-13(23)10-6-15(10,18)19/h8,10H,2-6H2,1H3/p+1/t10-/m1/s1. The average molecular weight is 330 g/mol. The van der Waals surface area contributed by atoms with E-state index in [9.17, 15) is 22.4 Å². The lowest BCUT2D eigenvalue weighted by molar-refractivity contribution is -0.481. The van der Waals surface area contributed by atoms with Gasteiger partial charge in [0.1, 0.15) is 11.6 Å². The highest BCUT2D eigenvalue weighted by atomic mass is 19.3. The molecule has 3 aliphatic carbocycles. The maximum Gasteiger partial charge on any atom is 0.316 e. The Kier molecular flexibility index (Phi) is 2.85. The Morgan fingerprint density at radius 3 is 2.30 bits per heavy atom. The Morgan fingerprint density at radius 1 is 1.22 bits per heavy atom. The first kappa shape index (κ1) is 14.8. The van der Waals surface area contributed by atoms with Gasteiger partial charge >= 0.3 is 11.7 Å². The van der Waals surface area contributed by atoms with Crippen LogP contribution >= 0.6 is 0 Å². The highest BCUT2D eigenvalue weighted by molar-refractivity contribution is 6.04. The number of alkyl halides is 4. The normalized spacial score (nSPS) is 31.0. The van der Waals surface area contributed by atoms with Crippen LogP contribution in [0.3, 0.4) is 0 Å². The van der Waals surface area contributed by atoms with E-state index in [1.165, 1.54) is 0 Å². The van der Waals surface area contributed by atoms with E-state index in [4.69, 9.17) is 0 Å². The summed E-state index contributed by atoms with van der Waals surface area (Å²) in [6.07, 6.45) is 0.667. The highest BCUT2D eigenvalue weighted by Crippen LogP contribution is 2.49. The predicted octanol–water partition coefficient (Wildman–Crippen LogP) is 2.65. The fraction of sp³-hybridized carbons (Fsp3) is 0.667. The van der Waals surface area contributed by atoms with Crippen LogP contribution in [0, 0.1) is 11.8 Å². The van der Waals surface area contributed by atoms with Gasteiger partial charge in [-0.1, -0.05) is 5.10 Å². The number of hydrogen-bond acceptors (Lipinski definition) is 2. The van der Waals surface area contributed by atoms with Crippen molar-refractivity contribution in [1.29, 1.82) is 0 Å². The molecule has 1 atom stereocenters. The first-order valence-electron chi connectivity index (χ1n) is 7.69. The molecule has 0 aromatic rings. The van der Waals surface area contributed by atoms with Crippen LogP contribution in [0.1, 0.15) is 39.0 Å². The van der Waals surface area contributed by atoms with Gasteiger partial charge in [-0.2, -0.15) is 0 Å². The number of hydrazone groups is 1. The van der Waals surface area contributed by atoms with Crippen molar-refractivity contribution in [1.82, 2.24) is 5.32 Å². The molecule has 4 rings (SSSR count). The third-order valence-electron chi connectivity index (χ3n) is 4.79. The number of hydrogen-bond donors (Lipinski definition) is 1. The Morgan fingerprint density at radius 2 is 1.83 bits per heavy atom. The summed E-state index contributed by atoms with van der Waals surface area (Å²) in [5, 5.41) is 6.91. The minimum Gasteiger partial charge on any atom is -0.246 e. The number of nitrogens with zero attached hydrogens (tertiary/aromatic N) is 2. The summed E-state index contributed by atoms with van der Waals surface area (Å²) in [5.41, 5.74) is 2.10. The van der Waals surface area contributed by atoms with Gasteiger partial charge in [0.15, 0.2) is 0 Å². The largest absolute Gasteiger partial charge is 0.316 e. The zero-order chi connectivity index (χ0) is 16.6. The number of halogens is 4. The third kappa shape index (κ3) is 2.48. The summed E-state index contributed by atoms with van der Waals surface area (Å²) < 4.78 is 53.8. The van der Waals surface area contributed by atoms with Gasteiger partial charge in [0.05, 0.1) is 11.3 Å². The Bertz CT molecular complexity index is 694. The first-order valence-corrected chi connectivity index (χ1v) is 7.69. The summed E-state index contributed by atoms with van der Waals surface area (Å²) in [5.74, 6) is -7.61. The summed E-state index contributed by atoms with van der Waals surface area (Å²) in [6.45, 7) is 1.69. The van der Waals surface area contributed by atoms with Crippen LogP contribution < -0.4 is 5.32 Å². The fourth-order valence-corrected chi connectivity index (χ4v) is 3.10. The van der Waals surface area contributed by atoms with Gasteiger partial charge in [0, 0.05) is 38.0 Å². The lowest BCUT2D eigenvalue weighted by Gasteiger charge is -2.34. The zero-order valence-electron chi connectivity index (χ0n) is 12.5. The van der Waals surface area contributed by atoms with Crippen molar-refractivity contribution in [2.24, 2.45) is 16.9 Å². The molecule has 8 heteroatoms. The van der Waals surface area contributed by atoms with Crippen molar-refractivity contribution in [2.45, 2.75) is 50.9 Å². The minimum absolute atomic E-state index is 0.256. The molecule has 0 bridgehead atoms. The molecule has 1 aliphatic heterocycles. The molecule has 23 heavy (non-hydrogen) atoms. The Balaban J connectivity index is 1.57. The quantitative estimate of drug-likeness (QED) is 0.627. The van der Waals surface area contributed by atoms with Gasteiger partial charge in [0.25, 0.3) is 5.92 Å². The van der Waals surface area contributed by atoms with Crippen molar-refractivity contribution in [2.75, 3.05) is 0 Å². The topological polar surface area (TPSA) is 44.5 Å². The van der Waals surface area contributed by atoms with Gasteiger partial charge < -0.3 is 0 Å². The van der Waals surface area contributed by atoms with Crippen molar-refractivity contribution in [3.05, 3.63) is 11.4 Å². The van der Waals surface area contributed by atoms with E-state index in [1.54, 1.807) is 11.6 Å². The maximum absolute atomic E-state index is 13.1. The molecule has 1 N–H and O–H groups in total. The van der Waals surface area contributed by atoms with Crippen LogP contribution in [0.2, 0.25) is 0 Å². The van der Waals surface area contributed by atoms with E-state index >= 15 is 0 Å². The van der Waals surface area contributed by atoms with E-state index in [1.807, 2.05) is 0 Å². The summed E-state index contributed by atoms with van der Waals surface area (Å²) in [6, 6.07) is 0. The smallest absolute Gasteiger partial charge is 0.246 e. The van der Waals surface area contributed by atoms with Crippen LogP contribution in [-0.4, -0.2) is 33.9 Å². The molecule has 0 spiro atoms. The lowest BCUT2D eigenvalue weighted by Crippen LogP contribution is -2.40. The van der Waals surface area contributed by atoms with Crippen molar-refractivity contribution in [3.63, 3.8) is 0 Å². The minimum atomic E-state index is -2.94. The Hall–Kier alpha value is -1.73. The molecule has 0 radical (unpaired) electrons. The van der Waals surface area contributed by atoms with Crippen LogP contribution in [0.25, 0.3) is 0 Å². The monoisotopic (exact) mass is 330 g/mol. The predicted molar refractivity (Wildman–Crippen MR) is 73.5 cm³/mol. The van der Waals surface area contributed by atoms with Gasteiger partial charge in [-0.25, -0.2) is 27.7 Å². The summed E-state index contributed by atoms with van der Waals surface area (Å²) >= 11 is 0. The number of carbonyl (C=O) groups is 1. The second-order valence-corrected chi connectivity index (χ2v) is 6.80. The maximum atomic E-state index is 13.1. The highest BCUT2D eigenvalue weighted by Gasteiger charge is 2.63. The fourth-order valence-electron chi connectivity index (χ4n) is 3.10. The molecule has 0 unspecified atom stereocenters. The average Bonchev–Trinajstić information content (AvgIpc) is 3.31. The molecule has 124 valence electrons. The van der Waals surface area contributed by atoms with Crippen LogP contribution in [0.5, 0.6) is 0 Å². The van der Waals surface area contributed by atoms with Gasteiger partial charge in [-0.05, 0) is 6.92 Å². The van der Waals surface area contributed by atoms with E-state index in [-0.39, 0.29) is 18.8 Å². The summed E-state index contributed by atoms with van der Waals surface area (Å²) in [4.78, 5) is 11.9. The molecule has 0 aromatic heterocycles. The molecule has 1 heterocycles. The molecular formula is C15H16F4N3O+. The number of carbonyl (C=O) groups excluding carboxylic acids is 1. The molecule has 4 aliphatic rings. The number of allylic oxidation sites excluding steroid dienone is 1. The number of rotatable bonds is 3. The SMILES string of the molecule is CC1=C(NC(=O)[C@H]2CC2(F)F)[N+](=C2CC2)N=C1C1CC(F)(F)C1. The molecule has 1 amide bonds. The van der Waals surface area contributed by atoms with Gasteiger partial charge in [0.2, 0.25) is 5.92 Å². The van der Waals surface area contributed by atoms with E-state index in [0.717, 1.165) is 18.6 Å². The second-order valence-electron chi connectivity index (χ2n) is 6.80. The van der Waals surface area contributed by atoms with Crippen LogP contribution in [0.4, 0.5) is 17.6 Å². The van der Waals surface area contributed by atoms with Crippen LogP contribution in [0.15, 0.2) is 16.5 Å². The van der Waals surface area contributed by atoms with Gasteiger partial charge in [-0.15, -0.1) is 4.68 Å². The van der Waals surface area contributed by atoms with E-state index < -0.39 is 30.1 Å². The molecule has 0 aromatic carbocycles. The van der Waals surface area contributed by atoms with Crippen LogP contribution in [-0.2, 0) is 4.79 Å². The van der Waals surface area contributed by atoms with E-state index in [0.29, 0.717) is 17.1 Å². The van der Waals surface area contributed by atoms with E-state index in [2.05, 4.69) is 10.4 Å². The second kappa shape index (κ2) is 4.42. The first-order chi connectivity index (χ1) is 10.7. The molecule has 0 saturated heterocycles. The summed E-state index contributed by atoms with van der Waals surface area (Å²) in [7, 11) is 0. The van der Waals surface area contributed by atoms with Crippen molar-refractivity contribution >= 4 is 17.3 Å². The van der Waals surface area contributed by atoms with Crippen molar-refractivity contribution in [3.8, 4) is 0 Å². The number of amides is 1. The number of nitrogens with one attached hydrogen (secondary N) is 1. The van der Waals surface area contributed by atoms with Crippen molar-refractivity contribution < 1.29 is 27.0 Å². The zero-order valence-corrected chi connectivity index (χ0v) is 12.5. The third-order valence-corrected chi connectivity index (χ3v) is 4.79. The lowest BCUT2D eigenvalue weighted by atomic mass is 9.76. The van der Waals surface area contributed by atoms with Gasteiger partial charge in [-0.3, -0.25) is 0 Å². The molecular weight excluding hydrogens is 314 g/mol. The Labute approximate surface area is 129 Å². The molecule has 3 saturated carbocycles. The molecule has 4 nitrogen and oxygen atoms in total.